The first-order valence-electron chi connectivity index (χ1n) is 7.86. The molecular formula is C19H30O2Si. The lowest BCUT2D eigenvalue weighted by Crippen LogP contribution is -2.39. The van der Waals surface area contributed by atoms with Gasteiger partial charge in [-0.3, -0.25) is 0 Å². The molecule has 0 aliphatic heterocycles. The van der Waals surface area contributed by atoms with E-state index >= 15 is 0 Å². The average Bonchev–Trinajstić information content (AvgIpc) is 2.43. The fourth-order valence-electron chi connectivity index (χ4n) is 1.53. The van der Waals surface area contributed by atoms with Crippen LogP contribution < -0.4 is 0 Å². The van der Waals surface area contributed by atoms with Gasteiger partial charge >= 0.3 is 0 Å². The van der Waals surface area contributed by atoms with Crippen LogP contribution in [0.25, 0.3) is 0 Å². The molecule has 0 unspecified atom stereocenters. The Balaban J connectivity index is 2.25. The van der Waals surface area contributed by atoms with E-state index in [1.807, 2.05) is 30.5 Å². The maximum Gasteiger partial charge on any atom is 0.249 e. The summed E-state index contributed by atoms with van der Waals surface area (Å²) < 4.78 is 11.7. The van der Waals surface area contributed by atoms with Crippen molar-refractivity contribution in [1.29, 1.82) is 0 Å². The molecule has 0 amide bonds. The van der Waals surface area contributed by atoms with E-state index in [9.17, 15) is 0 Å². The van der Waals surface area contributed by atoms with Gasteiger partial charge in [-0.2, -0.15) is 0 Å². The quantitative estimate of drug-likeness (QED) is 0.265. The monoisotopic (exact) mass is 318 g/mol. The summed E-state index contributed by atoms with van der Waals surface area (Å²) >= 11 is 0. The van der Waals surface area contributed by atoms with Crippen LogP contribution in [0.3, 0.4) is 0 Å². The SMILES string of the molecule is C=C(/C=C\O[Si](C)(C)C(C)(C)C)CCOCc1ccccc1. The molecule has 22 heavy (non-hydrogen) atoms. The third kappa shape index (κ3) is 6.63. The van der Waals surface area contributed by atoms with E-state index in [4.69, 9.17) is 9.16 Å². The van der Waals surface area contributed by atoms with E-state index in [1.54, 1.807) is 0 Å². The highest BCUT2D eigenvalue weighted by Crippen LogP contribution is 2.36. The summed E-state index contributed by atoms with van der Waals surface area (Å²) in [6, 6.07) is 10.2. The number of ether oxygens (including phenoxy) is 1. The fraction of sp³-hybridized carbons (Fsp3) is 0.474. The largest absolute Gasteiger partial charge is 0.549 e. The molecule has 0 radical (unpaired) electrons. The Hall–Kier alpha value is -1.32. The summed E-state index contributed by atoms with van der Waals surface area (Å²) in [6.07, 6.45) is 4.60. The zero-order valence-corrected chi connectivity index (χ0v) is 15.7. The van der Waals surface area contributed by atoms with Crippen molar-refractivity contribution in [1.82, 2.24) is 0 Å². The molecular weight excluding hydrogens is 288 g/mol. The molecule has 1 rings (SSSR count). The predicted molar refractivity (Wildman–Crippen MR) is 97.3 cm³/mol. The van der Waals surface area contributed by atoms with Crippen LogP contribution in [0.2, 0.25) is 18.1 Å². The number of hydrogen-bond donors (Lipinski definition) is 0. The maximum atomic E-state index is 6.00. The van der Waals surface area contributed by atoms with E-state index in [-0.39, 0.29) is 5.04 Å². The van der Waals surface area contributed by atoms with Gasteiger partial charge in [0.15, 0.2) is 0 Å². The van der Waals surface area contributed by atoms with E-state index in [0.29, 0.717) is 13.2 Å². The maximum absolute atomic E-state index is 6.00. The van der Waals surface area contributed by atoms with Gasteiger partial charge in [-0.1, -0.05) is 57.7 Å². The number of hydrogen-bond acceptors (Lipinski definition) is 2. The first-order chi connectivity index (χ1) is 10.2. The minimum absolute atomic E-state index is 0.220. The number of benzene rings is 1. The zero-order valence-electron chi connectivity index (χ0n) is 14.7. The molecule has 0 N–H and O–H groups in total. The first kappa shape index (κ1) is 18.7. The van der Waals surface area contributed by atoms with Gasteiger partial charge in [0.25, 0.3) is 0 Å². The van der Waals surface area contributed by atoms with Crippen molar-refractivity contribution >= 4 is 8.32 Å². The summed E-state index contributed by atoms with van der Waals surface area (Å²) in [5, 5.41) is 0.220. The predicted octanol–water partition coefficient (Wildman–Crippen LogP) is 5.69. The second kappa shape index (κ2) is 8.35. The van der Waals surface area contributed by atoms with Crippen LogP contribution in [-0.2, 0) is 15.8 Å². The smallest absolute Gasteiger partial charge is 0.249 e. The molecule has 0 aliphatic rings. The third-order valence-corrected chi connectivity index (χ3v) is 8.49. The van der Waals surface area contributed by atoms with E-state index in [1.165, 1.54) is 5.56 Å². The minimum Gasteiger partial charge on any atom is -0.549 e. The highest BCUT2D eigenvalue weighted by atomic mass is 28.4. The van der Waals surface area contributed by atoms with Gasteiger partial charge in [-0.05, 0) is 41.8 Å². The highest BCUT2D eigenvalue weighted by Gasteiger charge is 2.37. The van der Waals surface area contributed by atoms with Crippen LogP contribution in [0.15, 0.2) is 54.8 Å². The Labute approximate surface area is 137 Å². The van der Waals surface area contributed by atoms with Crippen LogP contribution in [0, 0.1) is 0 Å². The molecule has 0 saturated heterocycles. The Morgan fingerprint density at radius 3 is 2.41 bits per heavy atom. The van der Waals surface area contributed by atoms with Gasteiger partial charge in [0.05, 0.1) is 19.5 Å². The van der Waals surface area contributed by atoms with Gasteiger partial charge in [-0.25, -0.2) is 0 Å². The molecule has 0 atom stereocenters. The standard InChI is InChI=1S/C19H30O2Si/c1-17(13-15-21-22(5,6)19(2,3)4)12-14-20-16-18-10-8-7-9-11-18/h7-11,13,15H,1,12,14,16H2,2-6H3/b15-13-. The van der Waals surface area contributed by atoms with Crippen molar-refractivity contribution < 1.29 is 9.16 Å². The lowest BCUT2D eigenvalue weighted by molar-refractivity contribution is 0.124. The van der Waals surface area contributed by atoms with E-state index in [0.717, 1.165) is 12.0 Å². The first-order valence-corrected chi connectivity index (χ1v) is 10.8. The normalized spacial score (nSPS) is 12.6. The van der Waals surface area contributed by atoms with Crippen LogP contribution in [-0.4, -0.2) is 14.9 Å². The average molecular weight is 319 g/mol. The number of allylic oxidation sites excluding steroid dienone is 1. The van der Waals surface area contributed by atoms with Gasteiger partial charge in [0.2, 0.25) is 8.32 Å². The molecule has 0 spiro atoms. The van der Waals surface area contributed by atoms with Gasteiger partial charge < -0.3 is 9.16 Å². The van der Waals surface area contributed by atoms with Crippen molar-refractivity contribution in [3.63, 3.8) is 0 Å². The van der Waals surface area contributed by atoms with Gasteiger partial charge in [-0.15, -0.1) is 0 Å². The Morgan fingerprint density at radius 1 is 1.18 bits per heavy atom. The third-order valence-electron chi connectivity index (χ3n) is 4.15. The van der Waals surface area contributed by atoms with Crippen LogP contribution in [0.5, 0.6) is 0 Å². The molecule has 0 saturated carbocycles. The Morgan fingerprint density at radius 2 is 1.82 bits per heavy atom. The van der Waals surface area contributed by atoms with Crippen molar-refractivity contribution in [2.24, 2.45) is 0 Å². The molecule has 0 aliphatic carbocycles. The number of rotatable bonds is 8. The molecule has 1 aromatic rings. The van der Waals surface area contributed by atoms with Crippen molar-refractivity contribution in [2.75, 3.05) is 6.61 Å². The van der Waals surface area contributed by atoms with Gasteiger partial charge in [0, 0.05) is 0 Å². The summed E-state index contributed by atoms with van der Waals surface area (Å²) in [5.74, 6) is 0. The van der Waals surface area contributed by atoms with Crippen molar-refractivity contribution in [3.8, 4) is 0 Å². The summed E-state index contributed by atoms with van der Waals surface area (Å²) in [7, 11) is -1.71. The fourth-order valence-corrected chi connectivity index (χ4v) is 2.29. The van der Waals surface area contributed by atoms with Crippen LogP contribution >= 0.6 is 0 Å². The van der Waals surface area contributed by atoms with Gasteiger partial charge in [0.1, 0.15) is 0 Å². The topological polar surface area (TPSA) is 18.5 Å². The molecule has 3 heteroatoms. The second-order valence-corrected chi connectivity index (χ2v) is 11.9. The molecule has 0 fully saturated rings. The Kier molecular flexibility index (Phi) is 7.10. The lowest BCUT2D eigenvalue weighted by atomic mass is 10.2. The minimum atomic E-state index is -1.71. The molecule has 2 nitrogen and oxygen atoms in total. The zero-order chi connectivity index (χ0) is 16.6. The van der Waals surface area contributed by atoms with E-state index < -0.39 is 8.32 Å². The highest BCUT2D eigenvalue weighted by molar-refractivity contribution is 6.74. The lowest BCUT2D eigenvalue weighted by Gasteiger charge is -2.35. The second-order valence-electron chi connectivity index (χ2n) is 7.13. The van der Waals surface area contributed by atoms with Crippen LogP contribution in [0.1, 0.15) is 32.8 Å². The molecule has 122 valence electrons. The molecule has 1 aromatic carbocycles. The molecule has 0 heterocycles. The molecule has 0 aromatic heterocycles. The molecule has 0 bridgehead atoms. The van der Waals surface area contributed by atoms with Crippen LogP contribution in [0.4, 0.5) is 0 Å². The summed E-state index contributed by atoms with van der Waals surface area (Å²) in [5.41, 5.74) is 2.23. The van der Waals surface area contributed by atoms with Crippen molar-refractivity contribution in [2.45, 2.75) is 51.9 Å². The van der Waals surface area contributed by atoms with E-state index in [2.05, 4.69) is 52.6 Å². The van der Waals surface area contributed by atoms with Crippen molar-refractivity contribution in [3.05, 3.63) is 60.4 Å². The summed E-state index contributed by atoms with van der Waals surface area (Å²) in [4.78, 5) is 0. The Bertz CT molecular complexity index is 484. The summed E-state index contributed by atoms with van der Waals surface area (Å²) in [6.45, 7) is 16.6.